The highest BCUT2D eigenvalue weighted by Crippen LogP contribution is 2.25. The van der Waals surface area contributed by atoms with E-state index < -0.39 is 18.7 Å². The zero-order valence-corrected chi connectivity index (χ0v) is 23.1. The maximum Gasteiger partial charge on any atom is 0.422 e. The molecule has 0 spiro atoms. The van der Waals surface area contributed by atoms with Gasteiger partial charge in [0.05, 0.1) is 13.2 Å². The van der Waals surface area contributed by atoms with Gasteiger partial charge in [0.15, 0.2) is 18.1 Å². The number of carbonyl (C=O) groups excluding carboxylic acids is 2. The second-order valence-corrected chi connectivity index (χ2v) is 10.1. The van der Waals surface area contributed by atoms with Gasteiger partial charge in [-0.2, -0.15) is 18.2 Å². The molecular formula is C28H31F3N8O4. The number of rotatable bonds is 9. The van der Waals surface area contributed by atoms with Gasteiger partial charge in [-0.3, -0.25) is 9.59 Å². The van der Waals surface area contributed by atoms with Gasteiger partial charge in [-0.05, 0) is 61.4 Å². The molecule has 228 valence electrons. The molecule has 1 aromatic heterocycles. The van der Waals surface area contributed by atoms with Crippen LogP contribution >= 0.6 is 0 Å². The summed E-state index contributed by atoms with van der Waals surface area (Å²) in [6.45, 7) is 1.91. The summed E-state index contributed by atoms with van der Waals surface area (Å²) in [5.41, 5.74) is 7.24. The number of primary amides is 1. The molecule has 2 saturated heterocycles. The molecule has 2 amide bonds. The summed E-state index contributed by atoms with van der Waals surface area (Å²) in [6, 6.07) is 13.1. The number of nitrogens with two attached hydrogens (primary N) is 1. The highest BCUT2D eigenvalue weighted by molar-refractivity contribution is 5.97. The lowest BCUT2D eigenvalue weighted by atomic mass is 10.1. The number of aromatic nitrogens is 3. The first-order valence-corrected chi connectivity index (χ1v) is 13.7. The molecule has 0 bridgehead atoms. The minimum atomic E-state index is -4.40. The van der Waals surface area contributed by atoms with E-state index in [2.05, 4.69) is 25.8 Å². The normalized spacial score (nSPS) is 17.3. The van der Waals surface area contributed by atoms with Crippen LogP contribution in [0.1, 0.15) is 33.7 Å². The fourth-order valence-corrected chi connectivity index (χ4v) is 4.81. The second-order valence-electron chi connectivity index (χ2n) is 10.1. The standard InChI is InChI=1S/C28H31F3N8O4/c29-28(30,31)17-43-22-9-7-19(8-10-22)33-21-2-1-11-39(16-21)27-35-25(23(24(32)40)36-37-27)34-20-5-3-18(4-6-20)26(41)38-12-14-42-15-13-38/h3-10,21,33H,1-2,11-17H2,(H2,32,40)(H,34,35,37). The van der Waals surface area contributed by atoms with Crippen molar-refractivity contribution in [3.05, 3.63) is 59.8 Å². The number of carbonyl (C=O) groups is 2. The first-order valence-electron chi connectivity index (χ1n) is 13.7. The Morgan fingerprint density at radius 2 is 1.70 bits per heavy atom. The maximum atomic E-state index is 12.8. The van der Waals surface area contributed by atoms with Gasteiger partial charge in [0.1, 0.15) is 5.75 Å². The van der Waals surface area contributed by atoms with Gasteiger partial charge in [-0.15, -0.1) is 10.2 Å². The topological polar surface area (TPSA) is 148 Å². The number of piperidine rings is 1. The van der Waals surface area contributed by atoms with Gasteiger partial charge in [0.2, 0.25) is 5.95 Å². The molecule has 3 heterocycles. The number of hydrogen-bond acceptors (Lipinski definition) is 10. The lowest BCUT2D eigenvalue weighted by Crippen LogP contribution is -2.43. The SMILES string of the molecule is NC(=O)c1nnc(N2CCCC(Nc3ccc(OCC(F)(F)F)cc3)C2)nc1Nc1ccc(C(=O)N2CCOCC2)cc1. The Morgan fingerprint density at radius 3 is 2.37 bits per heavy atom. The minimum Gasteiger partial charge on any atom is -0.484 e. The molecule has 2 aliphatic heterocycles. The van der Waals surface area contributed by atoms with Crippen molar-refractivity contribution in [2.24, 2.45) is 5.73 Å². The largest absolute Gasteiger partial charge is 0.484 e. The number of anilines is 4. The van der Waals surface area contributed by atoms with E-state index in [9.17, 15) is 22.8 Å². The number of amides is 2. The number of nitrogens with one attached hydrogen (secondary N) is 2. The Hall–Kier alpha value is -4.66. The number of nitrogens with zero attached hydrogens (tertiary/aromatic N) is 5. The van der Waals surface area contributed by atoms with E-state index in [0.717, 1.165) is 18.5 Å². The van der Waals surface area contributed by atoms with Crippen LogP contribution in [0.15, 0.2) is 48.5 Å². The third-order valence-electron chi connectivity index (χ3n) is 6.93. The number of hydrogen-bond donors (Lipinski definition) is 3. The van der Waals surface area contributed by atoms with Crippen LogP contribution in [0.2, 0.25) is 0 Å². The fourth-order valence-electron chi connectivity index (χ4n) is 4.81. The van der Waals surface area contributed by atoms with Crippen LogP contribution in [0.25, 0.3) is 0 Å². The number of benzene rings is 2. The summed E-state index contributed by atoms with van der Waals surface area (Å²) in [4.78, 5) is 33.0. The monoisotopic (exact) mass is 600 g/mol. The van der Waals surface area contributed by atoms with Crippen molar-refractivity contribution >= 4 is 35.0 Å². The van der Waals surface area contributed by atoms with Gasteiger partial charge in [-0.25, -0.2) is 0 Å². The third-order valence-corrected chi connectivity index (χ3v) is 6.93. The van der Waals surface area contributed by atoms with E-state index in [1.807, 2.05) is 4.90 Å². The molecule has 2 aliphatic rings. The van der Waals surface area contributed by atoms with Crippen molar-refractivity contribution in [1.82, 2.24) is 20.1 Å². The first-order chi connectivity index (χ1) is 20.6. The molecule has 1 atom stereocenters. The summed E-state index contributed by atoms with van der Waals surface area (Å²) in [5, 5.41) is 14.6. The van der Waals surface area contributed by atoms with Crippen LogP contribution in [0, 0.1) is 0 Å². The Balaban J connectivity index is 1.24. The quantitative estimate of drug-likeness (QED) is 0.334. The predicted molar refractivity (Wildman–Crippen MR) is 152 cm³/mol. The molecular weight excluding hydrogens is 569 g/mol. The van der Waals surface area contributed by atoms with Crippen molar-refractivity contribution in [1.29, 1.82) is 0 Å². The van der Waals surface area contributed by atoms with Gasteiger partial charge in [0, 0.05) is 49.2 Å². The van der Waals surface area contributed by atoms with Gasteiger partial charge < -0.3 is 35.6 Å². The zero-order valence-electron chi connectivity index (χ0n) is 23.1. The average Bonchev–Trinajstić information content (AvgIpc) is 3.01. The summed E-state index contributed by atoms with van der Waals surface area (Å²) >= 11 is 0. The molecule has 1 unspecified atom stereocenters. The van der Waals surface area contributed by atoms with Gasteiger partial charge >= 0.3 is 6.18 Å². The lowest BCUT2D eigenvalue weighted by Gasteiger charge is -2.33. The van der Waals surface area contributed by atoms with Crippen LogP contribution in [0.4, 0.5) is 36.3 Å². The molecule has 15 heteroatoms. The van der Waals surface area contributed by atoms with Crippen molar-refractivity contribution < 1.29 is 32.2 Å². The number of alkyl halides is 3. The van der Waals surface area contributed by atoms with Crippen LogP contribution in [0.3, 0.4) is 0 Å². The highest BCUT2D eigenvalue weighted by Gasteiger charge is 2.28. The highest BCUT2D eigenvalue weighted by atomic mass is 19.4. The lowest BCUT2D eigenvalue weighted by molar-refractivity contribution is -0.153. The van der Waals surface area contributed by atoms with Gasteiger partial charge in [-0.1, -0.05) is 0 Å². The Labute approximate surface area is 245 Å². The van der Waals surface area contributed by atoms with Crippen LogP contribution in [-0.2, 0) is 4.74 Å². The minimum absolute atomic E-state index is 0.0110. The Kier molecular flexibility index (Phi) is 9.09. The van der Waals surface area contributed by atoms with Crippen LogP contribution in [-0.4, -0.2) is 90.1 Å². The Morgan fingerprint density at radius 1 is 1.00 bits per heavy atom. The second kappa shape index (κ2) is 13.1. The molecule has 3 aromatic rings. The predicted octanol–water partition coefficient (Wildman–Crippen LogP) is 3.21. The summed E-state index contributed by atoms with van der Waals surface area (Å²) < 4.78 is 47.3. The molecule has 4 N–H and O–H groups in total. The molecule has 0 aliphatic carbocycles. The molecule has 43 heavy (non-hydrogen) atoms. The van der Waals surface area contributed by atoms with Gasteiger partial charge in [0.25, 0.3) is 11.8 Å². The first kappa shape index (κ1) is 29.8. The van der Waals surface area contributed by atoms with E-state index in [1.54, 1.807) is 41.3 Å². The smallest absolute Gasteiger partial charge is 0.422 e. The number of morpholine rings is 1. The maximum absolute atomic E-state index is 12.8. The van der Waals surface area contributed by atoms with Crippen LogP contribution in [0.5, 0.6) is 5.75 Å². The average molecular weight is 601 g/mol. The van der Waals surface area contributed by atoms with E-state index in [4.69, 9.17) is 15.2 Å². The Bertz CT molecular complexity index is 1420. The van der Waals surface area contributed by atoms with E-state index >= 15 is 0 Å². The van der Waals surface area contributed by atoms with Crippen LogP contribution < -0.4 is 26.0 Å². The van der Waals surface area contributed by atoms with Crippen molar-refractivity contribution in [2.75, 3.05) is 61.5 Å². The van der Waals surface area contributed by atoms with E-state index in [-0.39, 0.29) is 29.2 Å². The molecule has 5 rings (SSSR count). The molecule has 12 nitrogen and oxygen atoms in total. The number of ether oxygens (including phenoxy) is 2. The van der Waals surface area contributed by atoms with E-state index in [0.29, 0.717) is 56.6 Å². The molecule has 0 saturated carbocycles. The summed E-state index contributed by atoms with van der Waals surface area (Å²) in [7, 11) is 0. The summed E-state index contributed by atoms with van der Waals surface area (Å²) in [6.07, 6.45) is -2.75. The summed E-state index contributed by atoms with van der Waals surface area (Å²) in [5.74, 6) is -0.324. The molecule has 0 radical (unpaired) electrons. The zero-order chi connectivity index (χ0) is 30.4. The van der Waals surface area contributed by atoms with Crippen molar-refractivity contribution in [2.45, 2.75) is 25.1 Å². The van der Waals surface area contributed by atoms with Crippen molar-refractivity contribution in [3.8, 4) is 5.75 Å². The van der Waals surface area contributed by atoms with E-state index in [1.165, 1.54) is 12.1 Å². The molecule has 2 aromatic carbocycles. The van der Waals surface area contributed by atoms with Crippen molar-refractivity contribution in [3.63, 3.8) is 0 Å². The fraction of sp³-hybridized carbons (Fsp3) is 0.393. The number of halogens is 3. The molecule has 2 fully saturated rings. The third kappa shape index (κ3) is 8.00.